The van der Waals surface area contributed by atoms with Gasteiger partial charge in [0, 0.05) is 6.42 Å². The number of nitrogens with zero attached hydrogens (tertiary/aromatic N) is 1. The second-order valence-corrected chi connectivity index (χ2v) is 3.65. The van der Waals surface area contributed by atoms with E-state index in [0.29, 0.717) is 0 Å². The first-order valence-electron chi connectivity index (χ1n) is 5.18. The van der Waals surface area contributed by atoms with E-state index in [2.05, 4.69) is 19.9 Å². The third-order valence-corrected chi connectivity index (χ3v) is 2.29. The van der Waals surface area contributed by atoms with Gasteiger partial charge in [-0.25, -0.2) is 0 Å². The predicted octanol–water partition coefficient (Wildman–Crippen LogP) is 3.90. The Labute approximate surface area is 76.8 Å². The Morgan fingerprint density at radius 2 is 1.83 bits per heavy atom. The summed E-state index contributed by atoms with van der Waals surface area (Å²) >= 11 is 0. The quantitative estimate of drug-likeness (QED) is 0.527. The molecule has 0 amide bonds. The van der Waals surface area contributed by atoms with Gasteiger partial charge in [-0.1, -0.05) is 39.5 Å². The van der Waals surface area contributed by atoms with Crippen LogP contribution in [-0.4, -0.2) is 0 Å². The Hall–Kier alpha value is -0.510. The molecule has 1 atom stereocenters. The zero-order valence-electron chi connectivity index (χ0n) is 8.47. The number of unbranched alkanes of at least 4 members (excludes halogenated alkanes) is 3. The number of hydrogen-bond donors (Lipinski definition) is 0. The van der Waals surface area contributed by atoms with Gasteiger partial charge < -0.3 is 0 Å². The van der Waals surface area contributed by atoms with Gasteiger partial charge in [0.1, 0.15) is 0 Å². The second kappa shape index (κ2) is 8.59. The van der Waals surface area contributed by atoms with Crippen LogP contribution in [-0.2, 0) is 0 Å². The van der Waals surface area contributed by atoms with Gasteiger partial charge >= 0.3 is 0 Å². The van der Waals surface area contributed by atoms with Crippen molar-refractivity contribution < 1.29 is 0 Å². The first-order chi connectivity index (χ1) is 5.81. The molecule has 0 radical (unpaired) electrons. The van der Waals surface area contributed by atoms with Crippen molar-refractivity contribution in [2.45, 2.75) is 58.8 Å². The Morgan fingerprint density at radius 3 is 2.42 bits per heavy atom. The molecule has 0 aliphatic heterocycles. The molecule has 0 aromatic rings. The molecule has 0 bridgehead atoms. The van der Waals surface area contributed by atoms with Gasteiger partial charge in [0.15, 0.2) is 0 Å². The number of hydrogen-bond acceptors (Lipinski definition) is 1. The smallest absolute Gasteiger partial charge is 0.0621 e. The lowest BCUT2D eigenvalue weighted by Gasteiger charge is -2.08. The molecule has 0 fully saturated rings. The molecule has 70 valence electrons. The average Bonchev–Trinajstić information content (AvgIpc) is 2.06. The van der Waals surface area contributed by atoms with E-state index < -0.39 is 0 Å². The van der Waals surface area contributed by atoms with Crippen LogP contribution in [0.25, 0.3) is 0 Å². The molecule has 0 spiro atoms. The van der Waals surface area contributed by atoms with Crippen LogP contribution < -0.4 is 0 Å². The summed E-state index contributed by atoms with van der Waals surface area (Å²) in [6.07, 6.45) is 8.44. The Balaban J connectivity index is 3.11. The highest BCUT2D eigenvalue weighted by Gasteiger charge is 2.00. The topological polar surface area (TPSA) is 23.8 Å². The molecule has 0 aliphatic carbocycles. The summed E-state index contributed by atoms with van der Waals surface area (Å²) in [5, 5.41) is 8.34. The second-order valence-electron chi connectivity index (χ2n) is 3.65. The first kappa shape index (κ1) is 11.5. The summed E-state index contributed by atoms with van der Waals surface area (Å²) in [5.74, 6) is 0.824. The summed E-state index contributed by atoms with van der Waals surface area (Å²) in [7, 11) is 0. The molecule has 0 aliphatic rings. The average molecular weight is 167 g/mol. The van der Waals surface area contributed by atoms with E-state index in [9.17, 15) is 0 Å². The highest BCUT2D eigenvalue weighted by molar-refractivity contribution is 4.69. The van der Waals surface area contributed by atoms with Crippen LogP contribution in [0.15, 0.2) is 0 Å². The fourth-order valence-electron chi connectivity index (χ4n) is 1.42. The normalized spacial score (nSPS) is 12.4. The molecule has 0 aromatic heterocycles. The van der Waals surface area contributed by atoms with E-state index in [0.717, 1.165) is 18.8 Å². The van der Waals surface area contributed by atoms with Crippen LogP contribution in [0.2, 0.25) is 0 Å². The Bertz CT molecular complexity index is 123. The lowest BCUT2D eigenvalue weighted by Crippen LogP contribution is -1.94. The maximum absolute atomic E-state index is 8.34. The van der Waals surface area contributed by atoms with Crippen LogP contribution in [0, 0.1) is 17.2 Å². The van der Waals surface area contributed by atoms with Crippen molar-refractivity contribution in [1.29, 1.82) is 5.26 Å². The van der Waals surface area contributed by atoms with E-state index in [-0.39, 0.29) is 0 Å². The predicted molar refractivity (Wildman–Crippen MR) is 52.8 cm³/mol. The van der Waals surface area contributed by atoms with Crippen molar-refractivity contribution >= 4 is 0 Å². The molecule has 0 saturated carbocycles. The molecule has 0 N–H and O–H groups in total. The molecular weight excluding hydrogens is 146 g/mol. The largest absolute Gasteiger partial charge is 0.198 e. The molecule has 0 aromatic carbocycles. The number of nitriles is 1. The lowest BCUT2D eigenvalue weighted by molar-refractivity contribution is 0.453. The van der Waals surface area contributed by atoms with Crippen molar-refractivity contribution in [2.75, 3.05) is 0 Å². The lowest BCUT2D eigenvalue weighted by atomic mass is 9.98. The summed E-state index contributed by atoms with van der Waals surface area (Å²) in [4.78, 5) is 0. The maximum atomic E-state index is 8.34. The van der Waals surface area contributed by atoms with Crippen molar-refractivity contribution in [2.24, 2.45) is 5.92 Å². The van der Waals surface area contributed by atoms with Crippen LogP contribution >= 0.6 is 0 Å². The monoisotopic (exact) mass is 167 g/mol. The summed E-state index contributed by atoms with van der Waals surface area (Å²) in [6, 6.07) is 2.19. The fraction of sp³-hybridized carbons (Fsp3) is 0.909. The SMILES string of the molecule is CCCCC[C@@H](C)CCCC#N. The van der Waals surface area contributed by atoms with Crippen molar-refractivity contribution in [3.8, 4) is 6.07 Å². The maximum Gasteiger partial charge on any atom is 0.0621 e. The van der Waals surface area contributed by atoms with E-state index in [4.69, 9.17) is 5.26 Å². The van der Waals surface area contributed by atoms with E-state index >= 15 is 0 Å². The van der Waals surface area contributed by atoms with Gasteiger partial charge in [0.25, 0.3) is 0 Å². The minimum atomic E-state index is 0.734. The van der Waals surface area contributed by atoms with Gasteiger partial charge in [-0.3, -0.25) is 0 Å². The van der Waals surface area contributed by atoms with E-state index in [1.165, 1.54) is 32.1 Å². The fourth-order valence-corrected chi connectivity index (χ4v) is 1.42. The molecule has 0 saturated heterocycles. The Morgan fingerprint density at radius 1 is 1.17 bits per heavy atom. The highest BCUT2D eigenvalue weighted by Crippen LogP contribution is 2.15. The standard InChI is InChI=1S/C11H21N/c1-3-4-5-8-11(2)9-6-7-10-12/h11H,3-9H2,1-2H3/t11-/m1/s1. The molecule has 0 rings (SSSR count). The van der Waals surface area contributed by atoms with Crippen LogP contribution in [0.4, 0.5) is 0 Å². The highest BCUT2D eigenvalue weighted by atomic mass is 14.2. The van der Waals surface area contributed by atoms with E-state index in [1.807, 2.05) is 0 Å². The first-order valence-corrected chi connectivity index (χ1v) is 5.18. The summed E-state index contributed by atoms with van der Waals surface area (Å²) in [5.41, 5.74) is 0. The van der Waals surface area contributed by atoms with Crippen molar-refractivity contribution in [3.63, 3.8) is 0 Å². The van der Waals surface area contributed by atoms with Crippen molar-refractivity contribution in [1.82, 2.24) is 0 Å². The van der Waals surface area contributed by atoms with Crippen LogP contribution in [0.3, 0.4) is 0 Å². The van der Waals surface area contributed by atoms with Crippen molar-refractivity contribution in [3.05, 3.63) is 0 Å². The summed E-state index contributed by atoms with van der Waals surface area (Å²) in [6.45, 7) is 4.54. The van der Waals surface area contributed by atoms with Gasteiger partial charge in [-0.2, -0.15) is 5.26 Å². The molecule has 1 heteroatoms. The molecule has 12 heavy (non-hydrogen) atoms. The van der Waals surface area contributed by atoms with Gasteiger partial charge in [0.2, 0.25) is 0 Å². The zero-order chi connectivity index (χ0) is 9.23. The van der Waals surface area contributed by atoms with Gasteiger partial charge in [0.05, 0.1) is 6.07 Å². The van der Waals surface area contributed by atoms with Crippen LogP contribution in [0.1, 0.15) is 58.8 Å². The Kier molecular flexibility index (Phi) is 8.22. The third kappa shape index (κ3) is 7.60. The summed E-state index contributed by atoms with van der Waals surface area (Å²) < 4.78 is 0. The van der Waals surface area contributed by atoms with E-state index in [1.54, 1.807) is 0 Å². The molecule has 0 unspecified atom stereocenters. The number of rotatable bonds is 7. The minimum absolute atomic E-state index is 0.734. The molecule has 0 heterocycles. The van der Waals surface area contributed by atoms with Crippen LogP contribution in [0.5, 0.6) is 0 Å². The molecule has 1 nitrogen and oxygen atoms in total. The van der Waals surface area contributed by atoms with Gasteiger partial charge in [-0.15, -0.1) is 0 Å². The minimum Gasteiger partial charge on any atom is -0.198 e. The third-order valence-electron chi connectivity index (χ3n) is 2.29. The van der Waals surface area contributed by atoms with Gasteiger partial charge in [-0.05, 0) is 18.8 Å². The molecular formula is C11H21N. The zero-order valence-corrected chi connectivity index (χ0v) is 8.47.